The van der Waals surface area contributed by atoms with Gasteiger partial charge in [0.15, 0.2) is 0 Å². The van der Waals surface area contributed by atoms with Crippen molar-refractivity contribution in [3.63, 3.8) is 0 Å². The maximum Gasteiger partial charge on any atom is 0.292 e. The van der Waals surface area contributed by atoms with Gasteiger partial charge in [0.2, 0.25) is 0 Å². The Balaban J connectivity index is 2.31. The van der Waals surface area contributed by atoms with Crippen LogP contribution in [0, 0.1) is 16.0 Å². The smallest absolute Gasteiger partial charge is 0.292 e. The molecule has 5 nitrogen and oxygen atoms in total. The molecule has 6 heteroatoms. The third-order valence-electron chi connectivity index (χ3n) is 3.95. The Kier molecular flexibility index (Phi) is 4.65. The number of anilines is 1. The first-order valence-electron chi connectivity index (χ1n) is 6.79. The van der Waals surface area contributed by atoms with E-state index < -0.39 is 10.5 Å². The van der Waals surface area contributed by atoms with Crippen molar-refractivity contribution in [2.24, 2.45) is 5.92 Å². The predicted molar refractivity (Wildman–Crippen MR) is 81.9 cm³/mol. The molecule has 2 rings (SSSR count). The average molecular weight is 343 g/mol. The maximum atomic E-state index is 11.1. The number of nitrogens with one attached hydrogen (secondary N) is 1. The lowest BCUT2D eigenvalue weighted by Gasteiger charge is -2.40. The molecule has 1 aromatic rings. The van der Waals surface area contributed by atoms with Gasteiger partial charge in [0, 0.05) is 10.5 Å². The lowest BCUT2D eigenvalue weighted by molar-refractivity contribution is -0.384. The van der Waals surface area contributed by atoms with Crippen LogP contribution >= 0.6 is 15.9 Å². The van der Waals surface area contributed by atoms with E-state index in [9.17, 15) is 15.2 Å². The van der Waals surface area contributed by atoms with Gasteiger partial charge in [-0.2, -0.15) is 0 Å². The lowest BCUT2D eigenvalue weighted by Crippen LogP contribution is -2.46. The summed E-state index contributed by atoms with van der Waals surface area (Å²) in [6.45, 7) is 2.14. The lowest BCUT2D eigenvalue weighted by atomic mass is 9.76. The third-order valence-corrected chi connectivity index (χ3v) is 4.44. The first-order valence-corrected chi connectivity index (χ1v) is 7.58. The van der Waals surface area contributed by atoms with Crippen LogP contribution in [0.4, 0.5) is 11.4 Å². The Bertz CT molecular complexity index is 509. The Morgan fingerprint density at radius 2 is 2.35 bits per heavy atom. The predicted octanol–water partition coefficient (Wildman–Crippen LogP) is 3.71. The number of rotatable bonds is 4. The van der Waals surface area contributed by atoms with Crippen molar-refractivity contribution in [1.82, 2.24) is 0 Å². The van der Waals surface area contributed by atoms with Crippen molar-refractivity contribution in [2.75, 3.05) is 11.9 Å². The van der Waals surface area contributed by atoms with E-state index >= 15 is 0 Å². The van der Waals surface area contributed by atoms with E-state index in [0.717, 1.165) is 30.2 Å². The summed E-state index contributed by atoms with van der Waals surface area (Å²) in [5.41, 5.74) is 0.0511. The second-order valence-corrected chi connectivity index (χ2v) is 6.60. The van der Waals surface area contributed by atoms with E-state index in [1.54, 1.807) is 12.1 Å². The number of nitro benzene ring substituents is 1. The maximum absolute atomic E-state index is 11.1. The van der Waals surface area contributed by atoms with Crippen LogP contribution in [0.1, 0.15) is 32.6 Å². The standard InChI is InChI=1S/C14H19BrN2O3/c1-10-3-2-6-14(8-10,9-18)16-12-7-11(15)4-5-13(12)17(19)20/h4-5,7,10,16,18H,2-3,6,8-9H2,1H3. The van der Waals surface area contributed by atoms with Gasteiger partial charge in [-0.3, -0.25) is 10.1 Å². The number of nitro groups is 1. The first-order chi connectivity index (χ1) is 9.46. The Morgan fingerprint density at radius 3 is 2.95 bits per heavy atom. The van der Waals surface area contributed by atoms with Gasteiger partial charge in [-0.25, -0.2) is 0 Å². The Hall–Kier alpha value is -1.14. The summed E-state index contributed by atoms with van der Waals surface area (Å²) in [6, 6.07) is 4.83. The molecular weight excluding hydrogens is 324 g/mol. The molecule has 0 radical (unpaired) electrons. The zero-order valence-corrected chi connectivity index (χ0v) is 13.0. The van der Waals surface area contributed by atoms with Crippen LogP contribution in [0.15, 0.2) is 22.7 Å². The van der Waals surface area contributed by atoms with E-state index in [4.69, 9.17) is 0 Å². The molecule has 0 amide bonds. The molecular formula is C14H19BrN2O3. The molecule has 2 atom stereocenters. The van der Waals surface area contributed by atoms with Crippen LogP contribution in [0.25, 0.3) is 0 Å². The summed E-state index contributed by atoms with van der Waals surface area (Å²) in [7, 11) is 0. The van der Waals surface area contributed by atoms with Gasteiger partial charge in [0.25, 0.3) is 5.69 Å². The highest BCUT2D eigenvalue weighted by atomic mass is 79.9. The molecule has 0 saturated heterocycles. The Morgan fingerprint density at radius 1 is 1.60 bits per heavy atom. The largest absolute Gasteiger partial charge is 0.394 e. The van der Waals surface area contributed by atoms with Gasteiger partial charge in [0.05, 0.1) is 17.1 Å². The van der Waals surface area contributed by atoms with Crippen molar-refractivity contribution >= 4 is 27.3 Å². The number of hydrogen-bond donors (Lipinski definition) is 2. The minimum Gasteiger partial charge on any atom is -0.394 e. The van der Waals surface area contributed by atoms with Gasteiger partial charge in [-0.05, 0) is 30.9 Å². The van der Waals surface area contributed by atoms with Crippen molar-refractivity contribution in [1.29, 1.82) is 0 Å². The van der Waals surface area contributed by atoms with Crippen LogP contribution in [0.2, 0.25) is 0 Å². The van der Waals surface area contributed by atoms with E-state index in [0.29, 0.717) is 11.6 Å². The number of hydrogen-bond acceptors (Lipinski definition) is 4. The van der Waals surface area contributed by atoms with Gasteiger partial charge >= 0.3 is 0 Å². The molecule has 1 aromatic carbocycles. The zero-order valence-electron chi connectivity index (χ0n) is 11.4. The summed E-state index contributed by atoms with van der Waals surface area (Å²) in [5, 5.41) is 24.1. The number of halogens is 1. The second-order valence-electron chi connectivity index (χ2n) is 5.68. The van der Waals surface area contributed by atoms with Crippen LogP contribution in [0.5, 0.6) is 0 Å². The molecule has 110 valence electrons. The molecule has 0 bridgehead atoms. The highest BCUT2D eigenvalue weighted by molar-refractivity contribution is 9.10. The van der Waals surface area contributed by atoms with E-state index in [2.05, 4.69) is 28.2 Å². The number of benzene rings is 1. The summed E-state index contributed by atoms with van der Waals surface area (Å²) >= 11 is 3.34. The molecule has 2 N–H and O–H groups in total. The van der Waals surface area contributed by atoms with Crippen LogP contribution in [-0.4, -0.2) is 22.2 Å². The van der Waals surface area contributed by atoms with Crippen LogP contribution in [0.3, 0.4) is 0 Å². The molecule has 1 aliphatic carbocycles. The van der Waals surface area contributed by atoms with Crippen LogP contribution < -0.4 is 5.32 Å². The van der Waals surface area contributed by atoms with Gasteiger partial charge in [-0.1, -0.05) is 35.7 Å². The van der Waals surface area contributed by atoms with Gasteiger partial charge in [0.1, 0.15) is 5.69 Å². The highest BCUT2D eigenvalue weighted by Crippen LogP contribution is 2.38. The molecule has 2 unspecified atom stereocenters. The number of aliphatic hydroxyl groups excluding tert-OH is 1. The minimum absolute atomic E-state index is 0.0129. The molecule has 1 aliphatic rings. The third kappa shape index (κ3) is 3.30. The molecule has 0 spiro atoms. The van der Waals surface area contributed by atoms with Crippen molar-refractivity contribution < 1.29 is 10.0 Å². The van der Waals surface area contributed by atoms with E-state index in [1.807, 2.05) is 0 Å². The first kappa shape index (κ1) is 15.3. The zero-order chi connectivity index (χ0) is 14.8. The van der Waals surface area contributed by atoms with Crippen molar-refractivity contribution in [2.45, 2.75) is 38.1 Å². The quantitative estimate of drug-likeness (QED) is 0.645. The summed E-state index contributed by atoms with van der Waals surface area (Å²) < 4.78 is 0.780. The normalized spacial score (nSPS) is 26.2. The van der Waals surface area contributed by atoms with Crippen LogP contribution in [-0.2, 0) is 0 Å². The number of aliphatic hydroxyl groups is 1. The molecule has 20 heavy (non-hydrogen) atoms. The fraction of sp³-hybridized carbons (Fsp3) is 0.571. The Labute approximate surface area is 126 Å². The molecule has 1 saturated carbocycles. The summed E-state index contributed by atoms with van der Waals surface area (Å²) in [5.74, 6) is 0.509. The van der Waals surface area contributed by atoms with Gasteiger partial charge in [-0.15, -0.1) is 0 Å². The van der Waals surface area contributed by atoms with Crippen molar-refractivity contribution in [3.8, 4) is 0 Å². The highest BCUT2D eigenvalue weighted by Gasteiger charge is 2.35. The molecule has 0 aliphatic heterocycles. The average Bonchev–Trinajstić information content (AvgIpc) is 2.38. The number of nitrogens with zero attached hydrogens (tertiary/aromatic N) is 1. The fourth-order valence-corrected chi connectivity index (χ4v) is 3.37. The summed E-state index contributed by atoms with van der Waals surface area (Å²) in [6.07, 6.45) is 3.82. The summed E-state index contributed by atoms with van der Waals surface area (Å²) in [4.78, 5) is 10.7. The molecule has 0 aromatic heterocycles. The van der Waals surface area contributed by atoms with Crippen molar-refractivity contribution in [3.05, 3.63) is 32.8 Å². The molecule has 0 heterocycles. The minimum atomic E-state index is -0.455. The van der Waals surface area contributed by atoms with E-state index in [-0.39, 0.29) is 12.3 Å². The second kappa shape index (κ2) is 6.10. The molecule has 1 fully saturated rings. The topological polar surface area (TPSA) is 75.4 Å². The van der Waals surface area contributed by atoms with E-state index in [1.165, 1.54) is 6.07 Å². The SMILES string of the molecule is CC1CCCC(CO)(Nc2cc(Br)ccc2[N+](=O)[O-])C1. The monoisotopic (exact) mass is 342 g/mol. The fourth-order valence-electron chi connectivity index (χ4n) is 3.01. The van der Waals surface area contributed by atoms with Gasteiger partial charge < -0.3 is 10.4 Å².